The Labute approximate surface area is 109 Å². The van der Waals surface area contributed by atoms with E-state index in [1.165, 1.54) is 6.07 Å². The number of nitrogens with zero attached hydrogens (tertiary/aromatic N) is 3. The van der Waals surface area contributed by atoms with Crippen LogP contribution in [-0.2, 0) is 6.42 Å². The third-order valence-corrected chi connectivity index (χ3v) is 2.97. The van der Waals surface area contributed by atoms with Gasteiger partial charge in [-0.2, -0.15) is 0 Å². The van der Waals surface area contributed by atoms with Crippen LogP contribution in [0.1, 0.15) is 5.82 Å². The quantitative estimate of drug-likeness (QED) is 0.780. The van der Waals surface area contributed by atoms with Crippen molar-refractivity contribution < 1.29 is 4.39 Å². The Morgan fingerprint density at radius 1 is 1.21 bits per heavy atom. The minimum Gasteiger partial charge on any atom is -0.330 e. The van der Waals surface area contributed by atoms with Gasteiger partial charge in [-0.05, 0) is 24.7 Å². The summed E-state index contributed by atoms with van der Waals surface area (Å²) in [7, 11) is 0. The molecule has 0 saturated heterocycles. The second kappa shape index (κ2) is 4.78. The first-order chi connectivity index (χ1) is 9.31. The fraction of sp³-hybridized carbons (Fsp3) is 0.143. The van der Waals surface area contributed by atoms with Crippen molar-refractivity contribution in [1.29, 1.82) is 0 Å². The van der Waals surface area contributed by atoms with E-state index in [1.54, 1.807) is 24.4 Å². The lowest BCUT2D eigenvalue weighted by Gasteiger charge is -1.99. The van der Waals surface area contributed by atoms with Crippen LogP contribution in [-0.4, -0.2) is 20.9 Å². The molecule has 0 amide bonds. The largest absolute Gasteiger partial charge is 0.330 e. The number of rotatable bonds is 3. The molecule has 2 aromatic heterocycles. The monoisotopic (exact) mass is 256 g/mol. The Morgan fingerprint density at radius 3 is 2.84 bits per heavy atom. The third kappa shape index (κ3) is 1.98. The Bertz CT molecular complexity index is 720. The van der Waals surface area contributed by atoms with Crippen LogP contribution in [0.5, 0.6) is 0 Å². The minimum absolute atomic E-state index is 0.299. The van der Waals surface area contributed by atoms with Gasteiger partial charge in [-0.3, -0.25) is 4.40 Å². The molecule has 0 aliphatic carbocycles. The van der Waals surface area contributed by atoms with Gasteiger partial charge in [0.25, 0.3) is 0 Å². The summed E-state index contributed by atoms with van der Waals surface area (Å²) in [5, 5.41) is 0. The van der Waals surface area contributed by atoms with Gasteiger partial charge >= 0.3 is 0 Å². The van der Waals surface area contributed by atoms with E-state index < -0.39 is 0 Å². The maximum atomic E-state index is 13.9. The second-order valence-corrected chi connectivity index (χ2v) is 4.21. The molecular formula is C14H13FN4. The van der Waals surface area contributed by atoms with E-state index in [2.05, 4.69) is 9.97 Å². The highest BCUT2D eigenvalue weighted by molar-refractivity contribution is 5.74. The van der Waals surface area contributed by atoms with Crippen LogP contribution in [0.2, 0.25) is 0 Å². The molecule has 1 aromatic carbocycles. The van der Waals surface area contributed by atoms with Gasteiger partial charge in [-0.1, -0.05) is 12.1 Å². The summed E-state index contributed by atoms with van der Waals surface area (Å²) in [5.41, 5.74) is 7.25. The summed E-state index contributed by atoms with van der Waals surface area (Å²) >= 11 is 0. The number of aromatic nitrogens is 3. The lowest BCUT2D eigenvalue weighted by molar-refractivity contribution is 0.631. The normalized spacial score (nSPS) is 11.1. The summed E-state index contributed by atoms with van der Waals surface area (Å²) < 4.78 is 15.8. The number of nitrogens with two attached hydrogens (primary N) is 1. The maximum Gasteiger partial charge on any atom is 0.164 e. The molecule has 0 fully saturated rings. The van der Waals surface area contributed by atoms with E-state index in [0.717, 1.165) is 5.82 Å². The lowest BCUT2D eigenvalue weighted by Crippen LogP contribution is -2.06. The van der Waals surface area contributed by atoms with Crippen molar-refractivity contribution in [1.82, 2.24) is 14.4 Å². The summed E-state index contributed by atoms with van der Waals surface area (Å²) in [6.45, 7) is 0.491. The summed E-state index contributed by atoms with van der Waals surface area (Å²) in [6, 6.07) is 8.39. The molecule has 0 spiro atoms. The molecule has 0 saturated carbocycles. The van der Waals surface area contributed by atoms with E-state index in [-0.39, 0.29) is 5.82 Å². The molecule has 0 radical (unpaired) electrons. The number of hydrogen-bond donors (Lipinski definition) is 1. The molecule has 4 nitrogen and oxygen atoms in total. The molecule has 3 aromatic rings. The van der Waals surface area contributed by atoms with Crippen LogP contribution in [0.15, 0.2) is 42.7 Å². The van der Waals surface area contributed by atoms with Gasteiger partial charge in [0.2, 0.25) is 0 Å². The molecule has 2 heterocycles. The fourth-order valence-corrected chi connectivity index (χ4v) is 2.13. The van der Waals surface area contributed by atoms with Crippen LogP contribution < -0.4 is 5.73 Å². The van der Waals surface area contributed by atoms with E-state index in [9.17, 15) is 4.39 Å². The number of benzene rings is 1. The molecule has 0 atom stereocenters. The average Bonchev–Trinajstić information content (AvgIpc) is 2.79. The zero-order valence-electron chi connectivity index (χ0n) is 10.3. The molecule has 96 valence electrons. The molecule has 0 aliphatic heterocycles. The smallest absolute Gasteiger partial charge is 0.164 e. The summed E-state index contributed by atoms with van der Waals surface area (Å²) in [4.78, 5) is 8.79. The topological polar surface area (TPSA) is 56.2 Å². The van der Waals surface area contributed by atoms with E-state index in [4.69, 9.17) is 5.73 Å². The second-order valence-electron chi connectivity index (χ2n) is 4.21. The van der Waals surface area contributed by atoms with Crippen molar-refractivity contribution >= 4 is 5.65 Å². The first-order valence-corrected chi connectivity index (χ1v) is 6.08. The van der Waals surface area contributed by atoms with Crippen molar-refractivity contribution in [3.8, 4) is 11.3 Å². The van der Waals surface area contributed by atoms with Gasteiger partial charge in [0.05, 0.1) is 0 Å². The van der Waals surface area contributed by atoms with Crippen LogP contribution in [0.25, 0.3) is 16.9 Å². The zero-order valence-corrected chi connectivity index (χ0v) is 10.3. The number of halogens is 1. The van der Waals surface area contributed by atoms with Crippen molar-refractivity contribution in [2.45, 2.75) is 6.42 Å². The van der Waals surface area contributed by atoms with Crippen LogP contribution in [0, 0.1) is 5.82 Å². The molecule has 0 bridgehead atoms. The van der Waals surface area contributed by atoms with E-state index in [1.807, 2.05) is 16.7 Å². The minimum atomic E-state index is -0.299. The Morgan fingerprint density at radius 2 is 2.05 bits per heavy atom. The third-order valence-electron chi connectivity index (χ3n) is 2.97. The highest BCUT2D eigenvalue weighted by Crippen LogP contribution is 2.25. The number of imidazole rings is 1. The summed E-state index contributed by atoms with van der Waals surface area (Å²) in [6.07, 6.45) is 4.17. The Hall–Kier alpha value is -2.27. The zero-order chi connectivity index (χ0) is 13.2. The van der Waals surface area contributed by atoms with Gasteiger partial charge in [-0.25, -0.2) is 14.4 Å². The highest BCUT2D eigenvalue weighted by Gasteiger charge is 2.15. The molecular weight excluding hydrogens is 243 g/mol. The van der Waals surface area contributed by atoms with Crippen molar-refractivity contribution in [3.63, 3.8) is 0 Å². The van der Waals surface area contributed by atoms with E-state index >= 15 is 0 Å². The first kappa shape index (κ1) is 11.8. The predicted octanol–water partition coefficient (Wildman–Crippen LogP) is 2.04. The standard InChI is InChI=1S/C14H13FN4/c15-11-5-2-1-4-10(11)13-14-17-8-3-9-19(14)12(18-13)6-7-16/h1-5,8-9H,6-7,16H2. The molecule has 19 heavy (non-hydrogen) atoms. The van der Waals surface area contributed by atoms with Gasteiger partial charge in [0.15, 0.2) is 5.65 Å². The van der Waals surface area contributed by atoms with Crippen molar-refractivity contribution in [2.75, 3.05) is 6.54 Å². The fourth-order valence-electron chi connectivity index (χ4n) is 2.13. The molecule has 3 rings (SSSR count). The van der Waals surface area contributed by atoms with E-state index in [0.29, 0.717) is 29.9 Å². The van der Waals surface area contributed by atoms with Gasteiger partial charge in [-0.15, -0.1) is 0 Å². The molecule has 0 unspecified atom stereocenters. The Kier molecular flexibility index (Phi) is 2.97. The summed E-state index contributed by atoms with van der Waals surface area (Å²) in [5.74, 6) is 0.497. The van der Waals surface area contributed by atoms with Gasteiger partial charge in [0, 0.05) is 24.4 Å². The van der Waals surface area contributed by atoms with Crippen molar-refractivity contribution in [3.05, 3.63) is 54.4 Å². The van der Waals surface area contributed by atoms with Crippen molar-refractivity contribution in [2.24, 2.45) is 5.73 Å². The van der Waals surface area contributed by atoms with Gasteiger partial charge < -0.3 is 5.73 Å². The Balaban J connectivity index is 2.27. The molecule has 5 heteroatoms. The van der Waals surface area contributed by atoms with Crippen LogP contribution >= 0.6 is 0 Å². The highest BCUT2D eigenvalue weighted by atomic mass is 19.1. The van der Waals surface area contributed by atoms with Crippen LogP contribution in [0.3, 0.4) is 0 Å². The maximum absolute atomic E-state index is 13.9. The molecule has 0 aliphatic rings. The first-order valence-electron chi connectivity index (χ1n) is 6.08. The molecule has 2 N–H and O–H groups in total. The number of hydrogen-bond acceptors (Lipinski definition) is 3. The lowest BCUT2D eigenvalue weighted by atomic mass is 10.1. The average molecular weight is 256 g/mol. The number of fused-ring (bicyclic) bond motifs is 1. The SMILES string of the molecule is NCCc1nc(-c2ccccc2F)c2ncccn12. The van der Waals surface area contributed by atoms with Gasteiger partial charge in [0.1, 0.15) is 17.3 Å². The van der Waals surface area contributed by atoms with Crippen LogP contribution in [0.4, 0.5) is 4.39 Å². The predicted molar refractivity (Wildman–Crippen MR) is 71.1 cm³/mol.